The number of anilines is 1. The Morgan fingerprint density at radius 3 is 2.76 bits per heavy atom. The minimum Gasteiger partial charge on any atom is -0.383 e. The van der Waals surface area contributed by atoms with Crippen LogP contribution in [-0.2, 0) is 19.3 Å². The second-order valence-corrected chi connectivity index (χ2v) is 7.37. The Balaban J connectivity index is 1.75. The van der Waals surface area contributed by atoms with Gasteiger partial charge in [0, 0.05) is 15.8 Å². The van der Waals surface area contributed by atoms with Crippen LogP contribution in [0.2, 0.25) is 0 Å². The number of hydrogen-bond donors (Lipinski definition) is 1. The number of thiophene rings is 1. The number of fused-ring (bicyclic) bond motifs is 3. The Bertz CT molecular complexity index is 824. The van der Waals surface area contributed by atoms with Crippen LogP contribution in [0.1, 0.15) is 28.2 Å². The molecule has 0 fully saturated rings. The molecule has 2 N–H and O–H groups in total. The maximum absolute atomic E-state index is 6.20. The van der Waals surface area contributed by atoms with Gasteiger partial charge in [-0.1, -0.05) is 28.1 Å². The van der Waals surface area contributed by atoms with Crippen molar-refractivity contribution in [3.63, 3.8) is 0 Å². The quantitative estimate of drug-likeness (QED) is 0.748. The van der Waals surface area contributed by atoms with Gasteiger partial charge in [0.2, 0.25) is 0 Å². The van der Waals surface area contributed by atoms with Gasteiger partial charge in [0.05, 0.1) is 5.39 Å². The number of halogens is 1. The molecule has 0 unspecified atom stereocenters. The van der Waals surface area contributed by atoms with Crippen LogP contribution in [0, 0.1) is 0 Å². The second kappa shape index (κ2) is 5.07. The summed E-state index contributed by atoms with van der Waals surface area (Å²) in [7, 11) is 0. The number of rotatable bonds is 2. The number of nitrogens with two attached hydrogens (primary N) is 1. The molecule has 0 spiro atoms. The molecule has 4 rings (SSSR count). The van der Waals surface area contributed by atoms with E-state index in [1.165, 1.54) is 22.4 Å². The van der Waals surface area contributed by atoms with Crippen molar-refractivity contribution in [3.05, 3.63) is 50.6 Å². The van der Waals surface area contributed by atoms with Gasteiger partial charge in [-0.15, -0.1) is 11.3 Å². The first kappa shape index (κ1) is 13.2. The van der Waals surface area contributed by atoms with E-state index in [2.05, 4.69) is 33.0 Å². The van der Waals surface area contributed by atoms with Crippen LogP contribution >= 0.6 is 27.3 Å². The van der Waals surface area contributed by atoms with E-state index in [0.29, 0.717) is 5.82 Å². The predicted molar refractivity (Wildman–Crippen MR) is 90.8 cm³/mol. The summed E-state index contributed by atoms with van der Waals surface area (Å²) in [5.74, 6) is 1.45. The fourth-order valence-corrected chi connectivity index (χ4v) is 4.49. The number of benzene rings is 1. The lowest BCUT2D eigenvalue weighted by Gasteiger charge is -2.04. The molecule has 21 heavy (non-hydrogen) atoms. The van der Waals surface area contributed by atoms with Gasteiger partial charge in [0.25, 0.3) is 0 Å². The van der Waals surface area contributed by atoms with E-state index in [1.807, 2.05) is 12.1 Å². The van der Waals surface area contributed by atoms with Crippen LogP contribution in [-0.4, -0.2) is 9.97 Å². The van der Waals surface area contributed by atoms with Gasteiger partial charge in [-0.3, -0.25) is 0 Å². The van der Waals surface area contributed by atoms with Crippen molar-refractivity contribution in [1.82, 2.24) is 9.97 Å². The minimum absolute atomic E-state index is 0.645. The highest BCUT2D eigenvalue weighted by Crippen LogP contribution is 2.38. The van der Waals surface area contributed by atoms with Crippen LogP contribution < -0.4 is 5.73 Å². The highest BCUT2D eigenvalue weighted by Gasteiger charge is 2.21. The van der Waals surface area contributed by atoms with Gasteiger partial charge in [-0.05, 0) is 42.5 Å². The van der Waals surface area contributed by atoms with Gasteiger partial charge in [-0.2, -0.15) is 0 Å². The molecule has 0 amide bonds. The largest absolute Gasteiger partial charge is 0.383 e. The molecule has 1 aliphatic rings. The summed E-state index contributed by atoms with van der Waals surface area (Å²) in [6.07, 6.45) is 4.24. The summed E-state index contributed by atoms with van der Waals surface area (Å²) in [4.78, 5) is 11.8. The molecule has 0 atom stereocenters. The summed E-state index contributed by atoms with van der Waals surface area (Å²) >= 11 is 5.24. The van der Waals surface area contributed by atoms with Gasteiger partial charge in [-0.25, -0.2) is 9.97 Å². The van der Waals surface area contributed by atoms with Crippen molar-refractivity contribution in [2.45, 2.75) is 25.7 Å². The lowest BCUT2D eigenvalue weighted by atomic mass is 10.1. The number of aromatic nitrogens is 2. The van der Waals surface area contributed by atoms with Gasteiger partial charge in [0.1, 0.15) is 16.5 Å². The van der Waals surface area contributed by atoms with Crippen LogP contribution in [0.5, 0.6) is 0 Å². The normalized spacial score (nSPS) is 13.8. The van der Waals surface area contributed by atoms with Crippen molar-refractivity contribution in [2.24, 2.45) is 0 Å². The summed E-state index contributed by atoms with van der Waals surface area (Å²) < 4.78 is 1.08. The zero-order chi connectivity index (χ0) is 14.4. The maximum Gasteiger partial charge on any atom is 0.136 e. The van der Waals surface area contributed by atoms with Crippen molar-refractivity contribution in [2.75, 3.05) is 5.73 Å². The van der Waals surface area contributed by atoms with E-state index in [4.69, 9.17) is 10.7 Å². The minimum atomic E-state index is 0.645. The van der Waals surface area contributed by atoms with E-state index in [9.17, 15) is 0 Å². The van der Waals surface area contributed by atoms with Crippen molar-refractivity contribution in [3.8, 4) is 0 Å². The van der Waals surface area contributed by atoms with Crippen LogP contribution in [0.4, 0.5) is 5.82 Å². The Morgan fingerprint density at radius 2 is 1.95 bits per heavy atom. The molecule has 3 nitrogen and oxygen atoms in total. The number of aryl methyl sites for hydroxylation is 2. The maximum atomic E-state index is 6.20. The third kappa shape index (κ3) is 2.34. The van der Waals surface area contributed by atoms with Crippen molar-refractivity contribution < 1.29 is 0 Å². The number of nitrogens with zero attached hydrogens (tertiary/aromatic N) is 2. The molecule has 0 saturated heterocycles. The van der Waals surface area contributed by atoms with E-state index >= 15 is 0 Å². The summed E-state index contributed by atoms with van der Waals surface area (Å²) in [6.45, 7) is 0. The average Bonchev–Trinajstić information content (AvgIpc) is 3.01. The van der Waals surface area contributed by atoms with Crippen LogP contribution in [0.3, 0.4) is 0 Å². The molecule has 1 aromatic carbocycles. The topological polar surface area (TPSA) is 51.8 Å². The molecule has 5 heteroatoms. The smallest absolute Gasteiger partial charge is 0.136 e. The van der Waals surface area contributed by atoms with E-state index in [0.717, 1.165) is 39.8 Å². The predicted octanol–water partition coefficient (Wildman–Crippen LogP) is 4.12. The number of nitrogen functional groups attached to an aromatic ring is 1. The van der Waals surface area contributed by atoms with Crippen molar-refractivity contribution in [1.29, 1.82) is 0 Å². The SMILES string of the molecule is Nc1nc(Cc2ccc(Br)cc2)nc2sc3c(c12)CCC3. The van der Waals surface area contributed by atoms with Gasteiger partial charge in [0.15, 0.2) is 0 Å². The molecule has 0 saturated carbocycles. The zero-order valence-electron chi connectivity index (χ0n) is 11.4. The fraction of sp³-hybridized carbons (Fsp3) is 0.250. The lowest BCUT2D eigenvalue weighted by molar-refractivity contribution is 0.916. The third-order valence-corrected chi connectivity index (χ3v) is 5.63. The van der Waals surface area contributed by atoms with Crippen molar-refractivity contribution >= 4 is 43.3 Å². The molecular formula is C16H14BrN3S. The molecule has 2 heterocycles. The van der Waals surface area contributed by atoms with Crippen LogP contribution in [0.15, 0.2) is 28.7 Å². The molecule has 0 aliphatic heterocycles. The first-order chi connectivity index (χ1) is 10.2. The Morgan fingerprint density at radius 1 is 1.14 bits per heavy atom. The monoisotopic (exact) mass is 359 g/mol. The van der Waals surface area contributed by atoms with E-state index in [1.54, 1.807) is 11.3 Å². The van der Waals surface area contributed by atoms with E-state index in [-0.39, 0.29) is 0 Å². The van der Waals surface area contributed by atoms with Gasteiger partial charge >= 0.3 is 0 Å². The van der Waals surface area contributed by atoms with Gasteiger partial charge < -0.3 is 5.73 Å². The first-order valence-electron chi connectivity index (χ1n) is 7.02. The molecular weight excluding hydrogens is 346 g/mol. The fourth-order valence-electron chi connectivity index (χ4n) is 2.93. The highest BCUT2D eigenvalue weighted by molar-refractivity contribution is 9.10. The number of hydrogen-bond acceptors (Lipinski definition) is 4. The highest BCUT2D eigenvalue weighted by atomic mass is 79.9. The molecule has 1 aliphatic carbocycles. The first-order valence-corrected chi connectivity index (χ1v) is 8.63. The Labute approximate surface area is 135 Å². The molecule has 2 aromatic heterocycles. The standard InChI is InChI=1S/C16H14BrN3S/c17-10-6-4-9(5-7-10)8-13-19-15(18)14-11-2-1-3-12(11)21-16(14)20-13/h4-7H,1-3,8H2,(H2,18,19,20). The Hall–Kier alpha value is -1.46. The molecule has 3 aromatic rings. The summed E-state index contributed by atoms with van der Waals surface area (Å²) in [5, 5.41) is 1.10. The average molecular weight is 360 g/mol. The summed E-state index contributed by atoms with van der Waals surface area (Å²) in [5.41, 5.74) is 8.79. The molecule has 0 bridgehead atoms. The zero-order valence-corrected chi connectivity index (χ0v) is 13.8. The lowest BCUT2D eigenvalue weighted by Crippen LogP contribution is -2.01. The summed E-state index contributed by atoms with van der Waals surface area (Å²) in [6, 6.07) is 8.25. The van der Waals surface area contributed by atoms with E-state index < -0.39 is 0 Å². The molecule has 0 radical (unpaired) electrons. The second-order valence-electron chi connectivity index (χ2n) is 5.37. The Kier molecular flexibility index (Phi) is 3.19. The third-order valence-electron chi connectivity index (χ3n) is 3.91. The molecule has 106 valence electrons. The van der Waals surface area contributed by atoms with Crippen LogP contribution in [0.25, 0.3) is 10.2 Å².